The molecule has 0 spiro atoms. The molecule has 3 rings (SSSR count). The Morgan fingerprint density at radius 3 is 2.60 bits per heavy atom. The van der Waals surface area contributed by atoms with E-state index < -0.39 is 0 Å². The molecule has 0 saturated carbocycles. The van der Waals surface area contributed by atoms with Gasteiger partial charge in [-0.2, -0.15) is 0 Å². The zero-order valence-electron chi connectivity index (χ0n) is 15.2. The highest BCUT2D eigenvalue weighted by Gasteiger charge is 2.13. The van der Waals surface area contributed by atoms with E-state index in [-0.39, 0.29) is 0 Å². The molecule has 1 aromatic rings. The van der Waals surface area contributed by atoms with Crippen LogP contribution in [0.4, 0.5) is 0 Å². The molecule has 2 N–H and O–H groups in total. The fraction of sp³-hybridized carbons (Fsp3) is 0.632. The monoisotopic (exact) mass is 346 g/mol. The number of fused-ring (bicyclic) bond motifs is 1. The molecular weight excluding hydrogens is 316 g/mol. The van der Waals surface area contributed by atoms with Crippen molar-refractivity contribution < 1.29 is 9.47 Å². The first kappa shape index (κ1) is 17.9. The molecule has 138 valence electrons. The van der Waals surface area contributed by atoms with E-state index in [2.05, 4.69) is 32.7 Å². The fourth-order valence-electron chi connectivity index (χ4n) is 3.33. The Bertz CT molecular complexity index is 569. The van der Waals surface area contributed by atoms with Crippen molar-refractivity contribution in [2.45, 2.75) is 32.1 Å². The molecular formula is C19H30N4O2. The second-order valence-electron chi connectivity index (χ2n) is 6.62. The predicted octanol–water partition coefficient (Wildman–Crippen LogP) is 2.00. The average Bonchev–Trinajstić information content (AvgIpc) is 2.95. The van der Waals surface area contributed by atoms with Crippen molar-refractivity contribution >= 4 is 5.96 Å². The number of hydrogen-bond donors (Lipinski definition) is 2. The fourth-order valence-corrected chi connectivity index (χ4v) is 3.33. The third kappa shape index (κ3) is 5.53. The van der Waals surface area contributed by atoms with Crippen LogP contribution in [0, 0.1) is 0 Å². The van der Waals surface area contributed by atoms with Crippen LogP contribution in [0.2, 0.25) is 0 Å². The van der Waals surface area contributed by atoms with Crippen molar-refractivity contribution in [1.29, 1.82) is 0 Å². The lowest BCUT2D eigenvalue weighted by atomic mass is 10.1. The Labute approximate surface area is 150 Å². The Kier molecular flexibility index (Phi) is 6.79. The Morgan fingerprint density at radius 2 is 1.80 bits per heavy atom. The minimum atomic E-state index is 0.324. The van der Waals surface area contributed by atoms with Gasteiger partial charge in [-0.15, -0.1) is 0 Å². The number of benzene rings is 1. The average molecular weight is 346 g/mol. The second kappa shape index (κ2) is 9.51. The molecule has 0 amide bonds. The quantitative estimate of drug-likeness (QED) is 0.609. The van der Waals surface area contributed by atoms with E-state index in [0.717, 1.165) is 43.5 Å². The minimum Gasteiger partial charge on any atom is -0.454 e. The minimum absolute atomic E-state index is 0.324. The smallest absolute Gasteiger partial charge is 0.231 e. The summed E-state index contributed by atoms with van der Waals surface area (Å²) >= 11 is 0. The van der Waals surface area contributed by atoms with Crippen LogP contribution in [-0.4, -0.2) is 57.4 Å². The number of aliphatic imine (C=N–C) groups is 1. The zero-order valence-corrected chi connectivity index (χ0v) is 15.2. The SMILES string of the molecule is CN=C(NCCc1ccc2c(c1)OCO2)NCCN1CCCCCC1. The Balaban J connectivity index is 1.35. The first-order chi connectivity index (χ1) is 12.3. The van der Waals surface area contributed by atoms with Gasteiger partial charge in [0.15, 0.2) is 17.5 Å². The van der Waals surface area contributed by atoms with Crippen LogP contribution in [0.3, 0.4) is 0 Å². The van der Waals surface area contributed by atoms with Crippen molar-refractivity contribution in [1.82, 2.24) is 15.5 Å². The first-order valence-corrected chi connectivity index (χ1v) is 9.40. The van der Waals surface area contributed by atoms with Crippen molar-refractivity contribution in [3.8, 4) is 11.5 Å². The summed E-state index contributed by atoms with van der Waals surface area (Å²) in [6.45, 7) is 5.65. The lowest BCUT2D eigenvalue weighted by Gasteiger charge is -2.20. The van der Waals surface area contributed by atoms with Gasteiger partial charge in [0.25, 0.3) is 0 Å². The molecule has 2 heterocycles. The van der Waals surface area contributed by atoms with Crippen LogP contribution in [0.1, 0.15) is 31.2 Å². The summed E-state index contributed by atoms with van der Waals surface area (Å²) in [6.07, 6.45) is 6.36. The van der Waals surface area contributed by atoms with Crippen LogP contribution in [0.25, 0.3) is 0 Å². The summed E-state index contributed by atoms with van der Waals surface area (Å²) in [7, 11) is 1.82. The normalized spacial score (nSPS) is 18.0. The maximum Gasteiger partial charge on any atom is 0.231 e. The zero-order chi connectivity index (χ0) is 17.3. The lowest BCUT2D eigenvalue weighted by Crippen LogP contribution is -2.42. The van der Waals surface area contributed by atoms with Gasteiger partial charge in [0.1, 0.15) is 0 Å². The van der Waals surface area contributed by atoms with Crippen LogP contribution >= 0.6 is 0 Å². The van der Waals surface area contributed by atoms with Gasteiger partial charge >= 0.3 is 0 Å². The van der Waals surface area contributed by atoms with Gasteiger partial charge in [0.05, 0.1) is 0 Å². The van der Waals surface area contributed by atoms with Crippen molar-refractivity contribution in [3.63, 3.8) is 0 Å². The largest absolute Gasteiger partial charge is 0.454 e. The molecule has 2 aliphatic rings. The van der Waals surface area contributed by atoms with E-state index in [1.54, 1.807) is 0 Å². The molecule has 0 radical (unpaired) electrons. The van der Waals surface area contributed by atoms with E-state index >= 15 is 0 Å². The molecule has 1 aromatic carbocycles. The lowest BCUT2D eigenvalue weighted by molar-refractivity contribution is 0.174. The molecule has 0 unspecified atom stereocenters. The maximum absolute atomic E-state index is 5.42. The number of hydrogen-bond acceptors (Lipinski definition) is 4. The van der Waals surface area contributed by atoms with E-state index in [1.165, 1.54) is 44.3 Å². The van der Waals surface area contributed by atoms with Crippen LogP contribution in [-0.2, 0) is 6.42 Å². The van der Waals surface area contributed by atoms with Crippen LogP contribution in [0.5, 0.6) is 11.5 Å². The van der Waals surface area contributed by atoms with Crippen LogP contribution < -0.4 is 20.1 Å². The standard InChI is InChI=1S/C19H30N4O2/c1-20-19(22-10-13-23-11-4-2-3-5-12-23)21-9-8-16-6-7-17-18(14-16)25-15-24-17/h6-7,14H,2-5,8-13,15H2,1H3,(H2,20,21,22). The third-order valence-corrected chi connectivity index (χ3v) is 4.79. The van der Waals surface area contributed by atoms with Gasteiger partial charge in [0.2, 0.25) is 6.79 Å². The van der Waals surface area contributed by atoms with E-state index in [1.807, 2.05) is 13.1 Å². The molecule has 2 aliphatic heterocycles. The summed E-state index contributed by atoms with van der Waals surface area (Å²) in [5.74, 6) is 2.55. The topological polar surface area (TPSA) is 58.1 Å². The highest BCUT2D eigenvalue weighted by Crippen LogP contribution is 2.32. The predicted molar refractivity (Wildman–Crippen MR) is 101 cm³/mol. The summed E-state index contributed by atoms with van der Waals surface area (Å²) in [5, 5.41) is 6.80. The molecule has 0 bridgehead atoms. The summed E-state index contributed by atoms with van der Waals surface area (Å²) < 4.78 is 10.8. The van der Waals surface area contributed by atoms with E-state index in [4.69, 9.17) is 9.47 Å². The van der Waals surface area contributed by atoms with Gasteiger partial charge in [-0.05, 0) is 50.0 Å². The molecule has 0 aliphatic carbocycles. The number of nitrogens with zero attached hydrogens (tertiary/aromatic N) is 2. The van der Waals surface area contributed by atoms with Gasteiger partial charge in [-0.25, -0.2) is 0 Å². The Hall–Kier alpha value is -1.95. The van der Waals surface area contributed by atoms with E-state index in [0.29, 0.717) is 6.79 Å². The van der Waals surface area contributed by atoms with Gasteiger partial charge in [-0.1, -0.05) is 18.9 Å². The maximum atomic E-state index is 5.42. The summed E-state index contributed by atoms with van der Waals surface area (Å²) in [6, 6.07) is 6.12. The summed E-state index contributed by atoms with van der Waals surface area (Å²) in [4.78, 5) is 6.86. The first-order valence-electron chi connectivity index (χ1n) is 9.40. The molecule has 6 heteroatoms. The van der Waals surface area contributed by atoms with Crippen LogP contribution in [0.15, 0.2) is 23.2 Å². The molecule has 0 atom stereocenters. The number of guanidine groups is 1. The highest BCUT2D eigenvalue weighted by molar-refractivity contribution is 5.79. The van der Waals surface area contributed by atoms with Crippen molar-refractivity contribution in [3.05, 3.63) is 23.8 Å². The number of rotatable bonds is 6. The molecule has 1 fully saturated rings. The molecule has 25 heavy (non-hydrogen) atoms. The van der Waals surface area contributed by atoms with Crippen molar-refractivity contribution in [2.75, 3.05) is 46.6 Å². The Morgan fingerprint density at radius 1 is 1.04 bits per heavy atom. The highest BCUT2D eigenvalue weighted by atomic mass is 16.7. The molecule has 1 saturated heterocycles. The second-order valence-corrected chi connectivity index (χ2v) is 6.62. The van der Waals surface area contributed by atoms with Gasteiger partial charge < -0.3 is 25.0 Å². The third-order valence-electron chi connectivity index (χ3n) is 4.79. The molecule has 6 nitrogen and oxygen atoms in total. The van der Waals surface area contributed by atoms with Gasteiger partial charge in [0, 0.05) is 26.7 Å². The summed E-state index contributed by atoms with van der Waals surface area (Å²) in [5.41, 5.74) is 1.23. The number of ether oxygens (including phenoxy) is 2. The van der Waals surface area contributed by atoms with E-state index in [9.17, 15) is 0 Å². The number of nitrogens with one attached hydrogen (secondary N) is 2. The number of likely N-dealkylation sites (tertiary alicyclic amines) is 1. The molecule has 0 aromatic heterocycles. The van der Waals surface area contributed by atoms with Gasteiger partial charge in [-0.3, -0.25) is 4.99 Å². The van der Waals surface area contributed by atoms with Crippen molar-refractivity contribution in [2.24, 2.45) is 4.99 Å².